The summed E-state index contributed by atoms with van der Waals surface area (Å²) in [6.45, 7) is 5.25. The molecule has 2 aliphatic rings. The number of nitrogens with zero attached hydrogens (tertiary/aromatic N) is 4. The van der Waals surface area contributed by atoms with Crippen LogP contribution in [0.25, 0.3) is 0 Å². The van der Waals surface area contributed by atoms with E-state index in [4.69, 9.17) is 9.47 Å². The molecule has 0 bridgehead atoms. The molecule has 1 aromatic heterocycles. The van der Waals surface area contributed by atoms with Gasteiger partial charge in [-0.05, 0) is 49.2 Å². The summed E-state index contributed by atoms with van der Waals surface area (Å²) in [5.41, 5.74) is 0.750. The Hall–Kier alpha value is -3.36. The molecule has 2 aliphatic heterocycles. The van der Waals surface area contributed by atoms with Crippen molar-refractivity contribution < 1.29 is 19.1 Å². The van der Waals surface area contributed by atoms with Crippen LogP contribution in [0.2, 0.25) is 0 Å². The van der Waals surface area contributed by atoms with Crippen molar-refractivity contribution in [2.24, 2.45) is 5.92 Å². The normalized spacial score (nSPS) is 18.6. The van der Waals surface area contributed by atoms with Gasteiger partial charge in [-0.1, -0.05) is 13.3 Å². The van der Waals surface area contributed by atoms with Crippen LogP contribution >= 0.6 is 0 Å². The SMILES string of the molecule is CCCCOC(=O)N1CCC(Oc2ccc(NC(=O)C3CCN(c4cccnn4)C3)cc2)CC1. The van der Waals surface area contributed by atoms with E-state index in [1.807, 2.05) is 36.4 Å². The molecule has 182 valence electrons. The zero-order valence-electron chi connectivity index (χ0n) is 19.7. The highest BCUT2D eigenvalue weighted by atomic mass is 16.6. The van der Waals surface area contributed by atoms with Crippen molar-refractivity contribution in [3.63, 3.8) is 0 Å². The predicted octanol–water partition coefficient (Wildman–Crippen LogP) is 3.72. The number of ether oxygens (including phenoxy) is 2. The van der Waals surface area contributed by atoms with E-state index in [2.05, 4.69) is 27.3 Å². The van der Waals surface area contributed by atoms with Crippen molar-refractivity contribution in [1.82, 2.24) is 15.1 Å². The van der Waals surface area contributed by atoms with Gasteiger partial charge in [-0.25, -0.2) is 4.79 Å². The summed E-state index contributed by atoms with van der Waals surface area (Å²) in [4.78, 5) is 28.6. The van der Waals surface area contributed by atoms with Crippen LogP contribution in [-0.2, 0) is 9.53 Å². The summed E-state index contributed by atoms with van der Waals surface area (Å²) in [6.07, 6.45) is 5.70. The second-order valence-electron chi connectivity index (χ2n) is 8.80. The number of hydrogen-bond acceptors (Lipinski definition) is 7. The number of unbranched alkanes of at least 4 members (excludes halogenated alkanes) is 1. The predicted molar refractivity (Wildman–Crippen MR) is 129 cm³/mol. The Kier molecular flexibility index (Phi) is 8.17. The maximum absolute atomic E-state index is 12.7. The minimum absolute atomic E-state index is 0.0123. The van der Waals surface area contributed by atoms with Crippen LogP contribution in [0.15, 0.2) is 42.6 Å². The first-order chi connectivity index (χ1) is 16.6. The maximum Gasteiger partial charge on any atom is 0.409 e. The van der Waals surface area contributed by atoms with Gasteiger partial charge in [-0.15, -0.1) is 5.10 Å². The molecule has 2 fully saturated rings. The second-order valence-corrected chi connectivity index (χ2v) is 8.80. The van der Waals surface area contributed by atoms with E-state index in [-0.39, 0.29) is 24.0 Å². The molecule has 0 aliphatic carbocycles. The van der Waals surface area contributed by atoms with Crippen molar-refractivity contribution >= 4 is 23.5 Å². The second kappa shape index (κ2) is 11.7. The topological polar surface area (TPSA) is 96.9 Å². The first-order valence-corrected chi connectivity index (χ1v) is 12.1. The van der Waals surface area contributed by atoms with Gasteiger partial charge in [-0.3, -0.25) is 4.79 Å². The number of piperidine rings is 1. The average molecular weight is 468 g/mol. The van der Waals surface area contributed by atoms with Crippen LogP contribution in [0.5, 0.6) is 5.75 Å². The molecular weight excluding hydrogens is 434 g/mol. The Balaban J connectivity index is 1.20. The molecule has 2 amide bonds. The molecule has 1 aromatic carbocycles. The van der Waals surface area contributed by atoms with Gasteiger partial charge >= 0.3 is 6.09 Å². The fraction of sp³-hybridized carbons (Fsp3) is 0.520. The van der Waals surface area contributed by atoms with E-state index in [1.54, 1.807) is 11.1 Å². The average Bonchev–Trinajstić information content (AvgIpc) is 3.37. The molecule has 9 heteroatoms. The summed E-state index contributed by atoms with van der Waals surface area (Å²) < 4.78 is 11.4. The molecule has 2 saturated heterocycles. The molecule has 1 unspecified atom stereocenters. The zero-order chi connectivity index (χ0) is 23.8. The minimum Gasteiger partial charge on any atom is -0.490 e. The Labute approximate surface area is 200 Å². The lowest BCUT2D eigenvalue weighted by atomic mass is 10.1. The van der Waals surface area contributed by atoms with Gasteiger partial charge in [0.1, 0.15) is 11.9 Å². The summed E-state index contributed by atoms with van der Waals surface area (Å²) >= 11 is 0. The molecule has 2 aromatic rings. The summed E-state index contributed by atoms with van der Waals surface area (Å²) in [5.74, 6) is 1.49. The third-order valence-electron chi connectivity index (χ3n) is 6.29. The van der Waals surface area contributed by atoms with Gasteiger partial charge in [0.25, 0.3) is 0 Å². The highest BCUT2D eigenvalue weighted by Gasteiger charge is 2.29. The number of amides is 2. The maximum atomic E-state index is 12.7. The quantitative estimate of drug-likeness (QED) is 0.591. The van der Waals surface area contributed by atoms with E-state index < -0.39 is 0 Å². The summed E-state index contributed by atoms with van der Waals surface area (Å²) in [6, 6.07) is 11.2. The number of hydrogen-bond donors (Lipinski definition) is 1. The number of carbonyl (C=O) groups is 2. The van der Waals surface area contributed by atoms with Gasteiger partial charge in [0.2, 0.25) is 5.91 Å². The third-order valence-corrected chi connectivity index (χ3v) is 6.29. The molecular formula is C25H33N5O4. The first kappa shape index (κ1) is 23.8. The molecule has 3 heterocycles. The molecule has 0 spiro atoms. The van der Waals surface area contributed by atoms with E-state index in [0.717, 1.165) is 55.9 Å². The van der Waals surface area contributed by atoms with E-state index in [1.165, 1.54) is 0 Å². The minimum atomic E-state index is -0.228. The van der Waals surface area contributed by atoms with Gasteiger partial charge in [-0.2, -0.15) is 5.10 Å². The van der Waals surface area contributed by atoms with Crippen molar-refractivity contribution in [1.29, 1.82) is 0 Å². The Morgan fingerprint density at radius 3 is 2.59 bits per heavy atom. The Morgan fingerprint density at radius 2 is 1.88 bits per heavy atom. The standard InChI is InChI=1S/C25H33N5O4/c1-2-3-17-33-25(32)29-15-11-22(12-16-29)34-21-8-6-20(7-9-21)27-24(31)19-10-14-30(18-19)23-5-4-13-26-28-23/h4-9,13,19,22H,2-3,10-12,14-18H2,1H3,(H,27,31). The number of aromatic nitrogens is 2. The van der Waals surface area contributed by atoms with Crippen molar-refractivity contribution in [2.75, 3.05) is 43.0 Å². The van der Waals surface area contributed by atoms with Crippen molar-refractivity contribution in [2.45, 2.75) is 45.1 Å². The number of rotatable bonds is 8. The van der Waals surface area contributed by atoms with Gasteiger partial charge < -0.3 is 24.6 Å². The Bertz CT molecular complexity index is 932. The largest absolute Gasteiger partial charge is 0.490 e. The zero-order valence-corrected chi connectivity index (χ0v) is 19.7. The fourth-order valence-corrected chi connectivity index (χ4v) is 4.25. The molecule has 9 nitrogen and oxygen atoms in total. The molecule has 1 N–H and O–H groups in total. The smallest absolute Gasteiger partial charge is 0.409 e. The first-order valence-electron chi connectivity index (χ1n) is 12.1. The number of likely N-dealkylation sites (tertiary alicyclic amines) is 1. The molecule has 4 rings (SSSR count). The number of anilines is 2. The number of benzene rings is 1. The summed E-state index contributed by atoms with van der Waals surface area (Å²) in [7, 11) is 0. The lowest BCUT2D eigenvalue weighted by molar-refractivity contribution is -0.119. The highest BCUT2D eigenvalue weighted by Crippen LogP contribution is 2.25. The van der Waals surface area contributed by atoms with Crippen molar-refractivity contribution in [3.05, 3.63) is 42.6 Å². The van der Waals surface area contributed by atoms with Gasteiger partial charge in [0.05, 0.1) is 12.5 Å². The van der Waals surface area contributed by atoms with E-state index >= 15 is 0 Å². The van der Waals surface area contributed by atoms with Crippen molar-refractivity contribution in [3.8, 4) is 5.75 Å². The highest BCUT2D eigenvalue weighted by molar-refractivity contribution is 5.93. The van der Waals surface area contributed by atoms with Crippen LogP contribution in [0.1, 0.15) is 39.0 Å². The molecule has 0 radical (unpaired) electrons. The van der Waals surface area contributed by atoms with E-state index in [9.17, 15) is 9.59 Å². The third kappa shape index (κ3) is 6.36. The fourth-order valence-electron chi connectivity index (χ4n) is 4.25. The van der Waals surface area contributed by atoms with Crippen LogP contribution in [0.3, 0.4) is 0 Å². The van der Waals surface area contributed by atoms with Gasteiger partial charge in [0, 0.05) is 50.9 Å². The lowest BCUT2D eigenvalue weighted by Gasteiger charge is -2.31. The lowest BCUT2D eigenvalue weighted by Crippen LogP contribution is -2.42. The van der Waals surface area contributed by atoms with Crippen LogP contribution in [0.4, 0.5) is 16.3 Å². The molecule has 34 heavy (non-hydrogen) atoms. The van der Waals surface area contributed by atoms with Crippen LogP contribution < -0.4 is 15.0 Å². The number of nitrogens with one attached hydrogen (secondary N) is 1. The Morgan fingerprint density at radius 1 is 1.09 bits per heavy atom. The molecule has 0 saturated carbocycles. The molecule has 1 atom stereocenters. The van der Waals surface area contributed by atoms with Gasteiger partial charge in [0.15, 0.2) is 5.82 Å². The summed E-state index contributed by atoms with van der Waals surface area (Å²) in [5, 5.41) is 11.1. The van der Waals surface area contributed by atoms with Crippen LogP contribution in [0, 0.1) is 5.92 Å². The van der Waals surface area contributed by atoms with Crippen LogP contribution in [-0.4, -0.2) is 66.0 Å². The van der Waals surface area contributed by atoms with E-state index in [0.29, 0.717) is 26.2 Å². The number of carbonyl (C=O) groups excluding carboxylic acids is 2. The monoisotopic (exact) mass is 467 g/mol.